The quantitative estimate of drug-likeness (QED) is 0.841. The number of aromatic nitrogens is 1. The van der Waals surface area contributed by atoms with Crippen molar-refractivity contribution in [3.63, 3.8) is 0 Å². The van der Waals surface area contributed by atoms with Crippen molar-refractivity contribution in [3.05, 3.63) is 42.1 Å². The first kappa shape index (κ1) is 16.3. The second-order valence-corrected chi connectivity index (χ2v) is 7.24. The highest BCUT2D eigenvalue weighted by atomic mass is 32.2. The standard InChI is InChI=1S/C19H20N2O3S/c22-19(21-8-1-2-9-21)14-4-7-18(20-13-14)25-15-5-6-16-17(12-15)24-11-3-10-23-16/h4-7,12-13H,1-3,8-11H2. The smallest absolute Gasteiger partial charge is 0.255 e. The van der Waals surface area contributed by atoms with Crippen molar-refractivity contribution < 1.29 is 14.3 Å². The average molecular weight is 356 g/mol. The zero-order valence-electron chi connectivity index (χ0n) is 13.9. The molecule has 0 bridgehead atoms. The molecule has 4 rings (SSSR count). The molecule has 5 nitrogen and oxygen atoms in total. The van der Waals surface area contributed by atoms with Gasteiger partial charge >= 0.3 is 0 Å². The molecular weight excluding hydrogens is 336 g/mol. The Balaban J connectivity index is 1.46. The van der Waals surface area contributed by atoms with Gasteiger partial charge in [0.25, 0.3) is 5.91 Å². The molecule has 2 aliphatic heterocycles. The molecule has 2 aromatic rings. The van der Waals surface area contributed by atoms with Gasteiger partial charge in [0.05, 0.1) is 18.8 Å². The van der Waals surface area contributed by atoms with E-state index in [4.69, 9.17) is 9.47 Å². The zero-order chi connectivity index (χ0) is 17.1. The van der Waals surface area contributed by atoms with E-state index >= 15 is 0 Å². The molecule has 3 heterocycles. The Morgan fingerprint density at radius 2 is 1.80 bits per heavy atom. The van der Waals surface area contributed by atoms with E-state index in [0.29, 0.717) is 18.8 Å². The van der Waals surface area contributed by atoms with Gasteiger partial charge < -0.3 is 14.4 Å². The molecule has 0 saturated carbocycles. The molecule has 1 aromatic carbocycles. The summed E-state index contributed by atoms with van der Waals surface area (Å²) in [6.07, 6.45) is 4.76. The lowest BCUT2D eigenvalue weighted by molar-refractivity contribution is 0.0792. The molecule has 130 valence electrons. The van der Waals surface area contributed by atoms with Crippen molar-refractivity contribution in [1.29, 1.82) is 0 Å². The molecule has 1 amide bonds. The maximum Gasteiger partial charge on any atom is 0.255 e. The lowest BCUT2D eigenvalue weighted by Gasteiger charge is -2.15. The molecule has 0 atom stereocenters. The highest BCUT2D eigenvalue weighted by Crippen LogP contribution is 2.36. The predicted molar refractivity (Wildman–Crippen MR) is 95.5 cm³/mol. The predicted octanol–water partition coefficient (Wildman–Crippen LogP) is 3.63. The van der Waals surface area contributed by atoms with E-state index in [-0.39, 0.29) is 5.91 Å². The van der Waals surface area contributed by atoms with Crippen LogP contribution in [0.4, 0.5) is 0 Å². The summed E-state index contributed by atoms with van der Waals surface area (Å²) >= 11 is 1.55. The van der Waals surface area contributed by atoms with Crippen LogP contribution in [0.3, 0.4) is 0 Å². The van der Waals surface area contributed by atoms with Gasteiger partial charge in [0.2, 0.25) is 0 Å². The molecule has 0 unspecified atom stereocenters. The third-order valence-electron chi connectivity index (χ3n) is 4.32. The lowest BCUT2D eigenvalue weighted by Crippen LogP contribution is -2.27. The first-order valence-corrected chi connectivity index (χ1v) is 9.44. The van der Waals surface area contributed by atoms with Crippen LogP contribution in [0.5, 0.6) is 11.5 Å². The number of carbonyl (C=O) groups is 1. The van der Waals surface area contributed by atoms with E-state index in [9.17, 15) is 4.79 Å². The zero-order valence-corrected chi connectivity index (χ0v) is 14.8. The van der Waals surface area contributed by atoms with Gasteiger partial charge in [-0.1, -0.05) is 11.8 Å². The number of benzene rings is 1. The molecule has 0 aliphatic carbocycles. The van der Waals surface area contributed by atoms with Crippen LogP contribution in [-0.4, -0.2) is 42.1 Å². The third-order valence-corrected chi connectivity index (χ3v) is 5.26. The minimum absolute atomic E-state index is 0.0807. The fourth-order valence-corrected chi connectivity index (χ4v) is 3.78. The maximum atomic E-state index is 12.4. The Bertz CT molecular complexity index is 758. The van der Waals surface area contributed by atoms with Crippen LogP contribution in [0.2, 0.25) is 0 Å². The highest BCUT2D eigenvalue weighted by Gasteiger charge is 2.19. The van der Waals surface area contributed by atoms with Crippen LogP contribution in [0.15, 0.2) is 46.5 Å². The number of pyridine rings is 1. The molecule has 0 N–H and O–H groups in total. The Morgan fingerprint density at radius 3 is 2.56 bits per heavy atom. The number of fused-ring (bicyclic) bond motifs is 1. The van der Waals surface area contributed by atoms with Gasteiger partial charge in [-0.2, -0.15) is 0 Å². The molecule has 2 aliphatic rings. The Labute approximate surface area is 151 Å². The number of hydrogen-bond donors (Lipinski definition) is 0. The fourth-order valence-electron chi connectivity index (χ4n) is 3.00. The van der Waals surface area contributed by atoms with E-state index in [0.717, 1.165) is 53.8 Å². The normalized spacial score (nSPS) is 16.6. The highest BCUT2D eigenvalue weighted by molar-refractivity contribution is 7.99. The second-order valence-electron chi connectivity index (χ2n) is 6.15. The number of hydrogen-bond acceptors (Lipinski definition) is 5. The summed E-state index contributed by atoms with van der Waals surface area (Å²) in [7, 11) is 0. The first-order chi connectivity index (χ1) is 12.3. The Hall–Kier alpha value is -2.21. The SMILES string of the molecule is O=C(c1ccc(Sc2ccc3c(c2)OCCCO3)nc1)N1CCCC1. The molecule has 1 aromatic heterocycles. The monoisotopic (exact) mass is 356 g/mol. The van der Waals surface area contributed by atoms with Gasteiger partial charge in [-0.3, -0.25) is 4.79 Å². The Morgan fingerprint density at radius 1 is 1.00 bits per heavy atom. The lowest BCUT2D eigenvalue weighted by atomic mass is 10.2. The van der Waals surface area contributed by atoms with Crippen molar-refractivity contribution in [2.75, 3.05) is 26.3 Å². The van der Waals surface area contributed by atoms with Crippen LogP contribution in [0, 0.1) is 0 Å². The Kier molecular flexibility index (Phi) is 4.78. The van der Waals surface area contributed by atoms with Gasteiger partial charge in [-0.15, -0.1) is 0 Å². The second kappa shape index (κ2) is 7.35. The summed E-state index contributed by atoms with van der Waals surface area (Å²) in [5.41, 5.74) is 0.657. The molecule has 6 heteroatoms. The van der Waals surface area contributed by atoms with E-state index in [2.05, 4.69) is 4.98 Å². The van der Waals surface area contributed by atoms with Crippen molar-refractivity contribution in [2.45, 2.75) is 29.2 Å². The van der Waals surface area contributed by atoms with Crippen LogP contribution in [0.1, 0.15) is 29.6 Å². The summed E-state index contributed by atoms with van der Waals surface area (Å²) in [4.78, 5) is 19.7. The fraction of sp³-hybridized carbons (Fsp3) is 0.368. The molecule has 25 heavy (non-hydrogen) atoms. The first-order valence-electron chi connectivity index (χ1n) is 8.62. The van der Waals surface area contributed by atoms with Gasteiger partial charge in [-0.05, 0) is 43.2 Å². The number of amides is 1. The van der Waals surface area contributed by atoms with E-state index in [1.807, 2.05) is 35.2 Å². The van der Waals surface area contributed by atoms with E-state index < -0.39 is 0 Å². The minimum atomic E-state index is 0.0807. The summed E-state index contributed by atoms with van der Waals surface area (Å²) < 4.78 is 11.4. The number of rotatable bonds is 3. The number of likely N-dealkylation sites (tertiary alicyclic amines) is 1. The molecule has 1 saturated heterocycles. The number of nitrogens with zero attached hydrogens (tertiary/aromatic N) is 2. The van der Waals surface area contributed by atoms with Crippen LogP contribution in [-0.2, 0) is 0 Å². The average Bonchev–Trinajstić information content (AvgIpc) is 3.08. The van der Waals surface area contributed by atoms with Crippen molar-refractivity contribution in [2.24, 2.45) is 0 Å². The maximum absolute atomic E-state index is 12.4. The third kappa shape index (κ3) is 3.74. The number of ether oxygens (including phenoxy) is 2. The minimum Gasteiger partial charge on any atom is -0.490 e. The largest absolute Gasteiger partial charge is 0.490 e. The van der Waals surface area contributed by atoms with Gasteiger partial charge in [-0.25, -0.2) is 4.98 Å². The number of carbonyl (C=O) groups excluding carboxylic acids is 1. The molecule has 0 radical (unpaired) electrons. The van der Waals surface area contributed by atoms with Gasteiger partial charge in [0, 0.05) is 30.6 Å². The molecular formula is C19H20N2O3S. The summed E-state index contributed by atoms with van der Waals surface area (Å²) in [5.74, 6) is 1.65. The summed E-state index contributed by atoms with van der Waals surface area (Å²) in [6.45, 7) is 3.07. The van der Waals surface area contributed by atoms with E-state index in [1.54, 1.807) is 18.0 Å². The summed E-state index contributed by atoms with van der Waals surface area (Å²) in [6, 6.07) is 9.68. The van der Waals surface area contributed by atoms with Crippen molar-refractivity contribution >= 4 is 17.7 Å². The topological polar surface area (TPSA) is 51.7 Å². The van der Waals surface area contributed by atoms with Crippen LogP contribution in [0.25, 0.3) is 0 Å². The van der Waals surface area contributed by atoms with E-state index in [1.165, 1.54) is 0 Å². The van der Waals surface area contributed by atoms with Crippen LogP contribution < -0.4 is 9.47 Å². The molecule has 1 fully saturated rings. The van der Waals surface area contributed by atoms with Gasteiger partial charge in [0.1, 0.15) is 5.03 Å². The summed E-state index contributed by atoms with van der Waals surface area (Å²) in [5, 5.41) is 0.854. The van der Waals surface area contributed by atoms with Crippen LogP contribution >= 0.6 is 11.8 Å². The van der Waals surface area contributed by atoms with Crippen molar-refractivity contribution in [3.8, 4) is 11.5 Å². The van der Waals surface area contributed by atoms with Crippen molar-refractivity contribution in [1.82, 2.24) is 9.88 Å². The van der Waals surface area contributed by atoms with Gasteiger partial charge in [0.15, 0.2) is 11.5 Å². The molecule has 0 spiro atoms.